The number of carboxylic acid groups (broad SMARTS) is 1. The second-order valence-corrected chi connectivity index (χ2v) is 14.4. The van der Waals surface area contributed by atoms with Gasteiger partial charge in [-0.05, 0) is 86.8 Å². The van der Waals surface area contributed by atoms with Crippen LogP contribution in [-0.4, -0.2) is 112 Å². The van der Waals surface area contributed by atoms with Crippen LogP contribution in [0.3, 0.4) is 0 Å². The molecule has 3 aromatic carbocycles. The van der Waals surface area contributed by atoms with Crippen LogP contribution in [0.15, 0.2) is 98.5 Å². The van der Waals surface area contributed by atoms with E-state index in [9.17, 15) is 45.0 Å². The smallest absolute Gasteiger partial charge is 0.337 e. The largest absolute Gasteiger partial charge is 0.508 e. The van der Waals surface area contributed by atoms with E-state index in [-0.39, 0.29) is 46.6 Å². The molecule has 1 fully saturated rings. The highest BCUT2D eigenvalue weighted by atomic mass is 16.8. The number of carbonyl (C=O) groups excluding carboxylic acids is 1. The molecule has 3 aliphatic rings. The van der Waals surface area contributed by atoms with E-state index < -0.39 is 55.0 Å². The van der Waals surface area contributed by atoms with Gasteiger partial charge < -0.3 is 49.3 Å². The van der Waals surface area contributed by atoms with Crippen molar-refractivity contribution >= 4 is 34.8 Å². The van der Waals surface area contributed by atoms with Gasteiger partial charge in [0.2, 0.25) is 24.7 Å². The van der Waals surface area contributed by atoms with E-state index in [1.807, 2.05) is 25.1 Å². The van der Waals surface area contributed by atoms with Crippen LogP contribution < -0.4 is 20.5 Å². The number of nitrogens with one attached hydrogen (secondary N) is 2. The molecule has 0 radical (unpaired) electrons. The molecule has 1 aromatic heterocycles. The fourth-order valence-corrected chi connectivity index (χ4v) is 7.35. The molecule has 7 rings (SSSR count). The van der Waals surface area contributed by atoms with E-state index in [1.54, 1.807) is 18.3 Å². The number of phenolic OH excluding ortho intramolecular Hbond substituents is 1. The molecule has 0 spiro atoms. The topological polar surface area (TPSA) is 251 Å². The summed E-state index contributed by atoms with van der Waals surface area (Å²) in [5, 5.41) is 65.3. The van der Waals surface area contributed by atoms with Crippen molar-refractivity contribution < 1.29 is 68.8 Å². The number of aromatic hydroxyl groups is 1. The zero-order chi connectivity index (χ0) is 42.0. The number of benzene rings is 3. The van der Waals surface area contributed by atoms with Crippen molar-refractivity contribution in [3.63, 3.8) is 0 Å². The lowest BCUT2D eigenvalue weighted by atomic mass is 9.98. The summed E-state index contributed by atoms with van der Waals surface area (Å²) < 4.78 is 23.0. The fraction of sp³-hybridized carbons (Fsp3) is 0.333. The standard InChI is InChI=1S/C42H43N3O14/c1-21-15-22(5-3-4-14-46)17-25(16-21)33-31-24(12-13-44-31)19-45(33)59-38-36(50)35(49)37(41(54)58-40(53)32(43-2)39(51)52)57-42(38)56-27-10-11-28-30(18-27)55-20-29(34(28)48)23-6-8-26(47)9-7-23/h6-13,15-18,20,32,35-38,41-43,46-47,49-50,54H,3-5,14,19H2,1-2H3,(H,51,52)/p+1. The predicted molar refractivity (Wildman–Crippen MR) is 209 cm³/mol. The molecule has 3 aliphatic heterocycles. The first-order valence-corrected chi connectivity index (χ1v) is 18.9. The van der Waals surface area contributed by atoms with Crippen LogP contribution in [0.2, 0.25) is 0 Å². The second-order valence-electron chi connectivity index (χ2n) is 14.4. The van der Waals surface area contributed by atoms with Gasteiger partial charge in [-0.25, -0.2) is 14.6 Å². The molecule has 310 valence electrons. The fourth-order valence-electron chi connectivity index (χ4n) is 7.35. The number of aliphatic hydroxyl groups excluding tert-OH is 4. The summed E-state index contributed by atoms with van der Waals surface area (Å²) in [6, 6.07) is 14.5. The van der Waals surface area contributed by atoms with Gasteiger partial charge in [0, 0.05) is 30.0 Å². The Hall–Kier alpha value is -5.76. The van der Waals surface area contributed by atoms with Gasteiger partial charge in [0.25, 0.3) is 0 Å². The minimum absolute atomic E-state index is 0.0307. The number of aliphatic imine (C=N–C) groups is 1. The molecule has 8 unspecified atom stereocenters. The average molecular weight is 815 g/mol. The highest BCUT2D eigenvalue weighted by Gasteiger charge is 2.54. The predicted octanol–water partition coefficient (Wildman–Crippen LogP) is 0.727. The zero-order valence-electron chi connectivity index (χ0n) is 32.0. The number of aryl methyl sites for hydroxylation is 2. The maximum Gasteiger partial charge on any atom is 0.337 e. The molecule has 0 aliphatic carbocycles. The van der Waals surface area contributed by atoms with Crippen LogP contribution in [-0.2, 0) is 30.3 Å². The Bertz CT molecular complexity index is 2370. The molecule has 1 saturated heterocycles. The number of unbranched alkanes of at least 4 members (excludes halogenated alkanes) is 1. The van der Waals surface area contributed by atoms with Crippen LogP contribution in [0.5, 0.6) is 11.5 Å². The quantitative estimate of drug-likeness (QED) is 0.0357. The molecule has 59 heavy (non-hydrogen) atoms. The van der Waals surface area contributed by atoms with Crippen molar-refractivity contribution in [3.05, 3.63) is 111 Å². The Balaban J connectivity index is 1.21. The molecule has 17 nitrogen and oxygen atoms in total. The summed E-state index contributed by atoms with van der Waals surface area (Å²) in [4.78, 5) is 48.8. The van der Waals surface area contributed by atoms with Crippen molar-refractivity contribution in [2.24, 2.45) is 4.99 Å². The van der Waals surface area contributed by atoms with Crippen molar-refractivity contribution in [1.29, 1.82) is 0 Å². The van der Waals surface area contributed by atoms with Gasteiger partial charge in [-0.1, -0.05) is 23.8 Å². The van der Waals surface area contributed by atoms with Crippen molar-refractivity contribution in [2.45, 2.75) is 69.2 Å². The zero-order valence-corrected chi connectivity index (χ0v) is 32.0. The lowest BCUT2D eigenvalue weighted by Crippen LogP contribution is -3.08. The van der Waals surface area contributed by atoms with Gasteiger partial charge in [0.05, 0.1) is 10.9 Å². The van der Waals surface area contributed by atoms with Gasteiger partial charge in [0.1, 0.15) is 47.8 Å². The van der Waals surface area contributed by atoms with Gasteiger partial charge in [-0.15, -0.1) is 0 Å². The SMILES string of the molecule is CNC(C(=O)O)C(=O)OC(O)C1OC(Oc2ccc3c(=O)c(-c4ccc(O)cc4)coc3c2)C(O[NH+]2CC3=CC=NC3=C2c2cc(C)cc(CCCCO)c2)C(O)C1O. The minimum atomic E-state index is -2.28. The third-order valence-electron chi connectivity index (χ3n) is 10.3. The average Bonchev–Trinajstić information content (AvgIpc) is 3.79. The number of carbonyl (C=O) groups is 2. The lowest BCUT2D eigenvalue weighted by Gasteiger charge is -2.42. The van der Waals surface area contributed by atoms with E-state index in [2.05, 4.69) is 16.4 Å². The van der Waals surface area contributed by atoms with Crippen LogP contribution in [0.25, 0.3) is 27.8 Å². The number of fused-ring (bicyclic) bond motifs is 2. The molecule has 0 saturated carbocycles. The number of likely N-dealkylation sites (N-methyl/N-ethyl adjacent to an activating group) is 1. The van der Waals surface area contributed by atoms with Crippen LogP contribution in [0.4, 0.5) is 0 Å². The minimum Gasteiger partial charge on any atom is -0.508 e. The number of hydrogen-bond acceptors (Lipinski definition) is 15. The number of quaternary nitrogens is 1. The molecule has 0 amide bonds. The first-order chi connectivity index (χ1) is 28.4. The molecular weight excluding hydrogens is 770 g/mol. The summed E-state index contributed by atoms with van der Waals surface area (Å²) in [7, 11) is 1.20. The maximum atomic E-state index is 13.5. The number of rotatable bonds is 15. The van der Waals surface area contributed by atoms with E-state index in [1.165, 1.54) is 43.6 Å². The maximum absolute atomic E-state index is 13.5. The molecule has 4 heterocycles. The number of ether oxygens (including phenoxy) is 3. The van der Waals surface area contributed by atoms with E-state index in [4.69, 9.17) is 23.5 Å². The monoisotopic (exact) mass is 814 g/mol. The van der Waals surface area contributed by atoms with Crippen molar-refractivity contribution in [2.75, 3.05) is 20.2 Å². The summed E-state index contributed by atoms with van der Waals surface area (Å²) in [5.74, 6) is -2.90. The summed E-state index contributed by atoms with van der Waals surface area (Å²) in [6.45, 7) is 2.29. The number of allylic oxidation sites excluding steroid dienone is 1. The number of phenols is 1. The summed E-state index contributed by atoms with van der Waals surface area (Å²) >= 11 is 0. The Morgan fingerprint density at radius 2 is 1.81 bits per heavy atom. The number of aliphatic hydroxyl groups is 4. The van der Waals surface area contributed by atoms with E-state index in [0.717, 1.165) is 35.1 Å². The Morgan fingerprint density at radius 1 is 1.03 bits per heavy atom. The van der Waals surface area contributed by atoms with E-state index >= 15 is 0 Å². The Labute approximate surface area is 336 Å². The highest BCUT2D eigenvalue weighted by molar-refractivity contribution is 5.98. The molecule has 4 aromatic rings. The molecule has 8 atom stereocenters. The summed E-state index contributed by atoms with van der Waals surface area (Å²) in [6.07, 6.45) is -4.19. The van der Waals surface area contributed by atoms with Gasteiger partial charge in [-0.3, -0.25) is 10.1 Å². The first-order valence-electron chi connectivity index (χ1n) is 18.9. The van der Waals surface area contributed by atoms with Crippen molar-refractivity contribution in [3.8, 4) is 22.6 Å². The third-order valence-corrected chi connectivity index (χ3v) is 10.3. The number of hydrogen-bond donors (Lipinski definition) is 8. The van der Waals surface area contributed by atoms with Gasteiger partial charge in [0.15, 0.2) is 17.2 Å². The van der Waals surface area contributed by atoms with E-state index in [0.29, 0.717) is 28.4 Å². The number of nitrogens with zero attached hydrogens (tertiary/aromatic N) is 1. The molecule has 0 bridgehead atoms. The molecular formula is C42H44N3O14+. The normalized spacial score (nSPS) is 23.5. The molecule has 8 N–H and O–H groups in total. The molecule has 17 heteroatoms. The number of aliphatic carboxylic acids is 1. The Kier molecular flexibility index (Phi) is 12.4. The lowest BCUT2D eigenvalue weighted by molar-refractivity contribution is -1.04. The van der Waals surface area contributed by atoms with Gasteiger partial charge in [-0.2, -0.15) is 9.90 Å². The summed E-state index contributed by atoms with van der Waals surface area (Å²) in [5.41, 5.74) is 5.45. The third kappa shape index (κ3) is 8.68. The highest BCUT2D eigenvalue weighted by Crippen LogP contribution is 2.33. The first kappa shape index (κ1) is 41.4. The van der Waals surface area contributed by atoms with Crippen molar-refractivity contribution in [1.82, 2.24) is 5.32 Å². The number of hydroxylamine groups is 2. The van der Waals surface area contributed by atoms with Crippen LogP contribution in [0, 0.1) is 6.92 Å². The number of esters is 1. The van der Waals surface area contributed by atoms with Crippen LogP contribution >= 0.6 is 0 Å². The van der Waals surface area contributed by atoms with Gasteiger partial charge >= 0.3 is 11.9 Å². The second kappa shape index (κ2) is 17.6. The Morgan fingerprint density at radius 3 is 2.54 bits per heavy atom. The van der Waals surface area contributed by atoms with Crippen LogP contribution in [0.1, 0.15) is 29.5 Å². The number of carboxylic acids is 1.